The minimum Gasteiger partial charge on any atom is -0.398 e. The molecule has 1 aromatic carbocycles. The average Bonchev–Trinajstić information content (AvgIpc) is 2.97. The van der Waals surface area contributed by atoms with Gasteiger partial charge >= 0.3 is 0 Å². The van der Waals surface area contributed by atoms with Crippen molar-refractivity contribution >= 4 is 15.7 Å². The molecule has 1 saturated carbocycles. The summed E-state index contributed by atoms with van der Waals surface area (Å²) >= 11 is 0. The summed E-state index contributed by atoms with van der Waals surface area (Å²) in [5, 5.41) is 9.97. The number of hydrogen-bond donors (Lipinski definition) is 2. The van der Waals surface area contributed by atoms with Crippen LogP contribution in [-0.2, 0) is 10.0 Å². The molecule has 1 heterocycles. The molecule has 2 fully saturated rings. The van der Waals surface area contributed by atoms with Crippen LogP contribution in [-0.4, -0.2) is 37.0 Å². The molecule has 3 rings (SSSR count). The Morgan fingerprint density at radius 1 is 1.24 bits per heavy atom. The minimum atomic E-state index is -3.55. The Balaban J connectivity index is 1.98. The van der Waals surface area contributed by atoms with E-state index in [9.17, 15) is 13.5 Å². The zero-order valence-electron chi connectivity index (χ0n) is 12.4. The molecule has 3 unspecified atom stereocenters. The van der Waals surface area contributed by atoms with E-state index >= 15 is 0 Å². The maximum Gasteiger partial charge on any atom is 0.243 e. The van der Waals surface area contributed by atoms with Crippen LogP contribution in [0.5, 0.6) is 0 Å². The van der Waals surface area contributed by atoms with Gasteiger partial charge in [0.15, 0.2) is 0 Å². The van der Waals surface area contributed by atoms with Crippen molar-refractivity contribution in [2.45, 2.75) is 37.7 Å². The average molecular weight is 310 g/mol. The van der Waals surface area contributed by atoms with Crippen molar-refractivity contribution in [3.63, 3.8) is 0 Å². The normalized spacial score (nSPS) is 29.8. The van der Waals surface area contributed by atoms with Crippen molar-refractivity contribution < 1.29 is 13.5 Å². The van der Waals surface area contributed by atoms with E-state index in [1.54, 1.807) is 26.0 Å². The fraction of sp³-hybridized carbons (Fsp3) is 0.600. The first kappa shape index (κ1) is 14.8. The lowest BCUT2D eigenvalue weighted by molar-refractivity contribution is 0.129. The van der Waals surface area contributed by atoms with Gasteiger partial charge in [-0.1, -0.05) is 6.07 Å². The van der Waals surface area contributed by atoms with Crippen molar-refractivity contribution in [3.05, 3.63) is 23.3 Å². The maximum atomic E-state index is 13.0. The molecule has 1 aliphatic carbocycles. The SMILES string of the molecule is Cc1ccc(N)c(C)c1S(=O)(=O)N1CC2CCC(O)C2C1. The lowest BCUT2D eigenvalue weighted by atomic mass is 10.00. The fourth-order valence-corrected chi connectivity index (χ4v) is 5.75. The zero-order chi connectivity index (χ0) is 15.4. The molecule has 0 bridgehead atoms. The third-order valence-corrected chi connectivity index (χ3v) is 7.15. The van der Waals surface area contributed by atoms with Crippen LogP contribution in [0.15, 0.2) is 17.0 Å². The molecule has 3 atom stereocenters. The highest BCUT2D eigenvalue weighted by molar-refractivity contribution is 7.89. The monoisotopic (exact) mass is 310 g/mol. The second-order valence-electron chi connectivity index (χ2n) is 6.32. The predicted octanol–water partition coefficient (Wildman–Crippen LogP) is 1.28. The van der Waals surface area contributed by atoms with Gasteiger partial charge in [-0.15, -0.1) is 0 Å². The first-order valence-corrected chi connectivity index (χ1v) is 8.80. The summed E-state index contributed by atoms with van der Waals surface area (Å²) < 4.78 is 27.4. The van der Waals surface area contributed by atoms with E-state index in [2.05, 4.69) is 0 Å². The van der Waals surface area contributed by atoms with E-state index in [0.29, 0.717) is 29.2 Å². The third-order valence-electron chi connectivity index (χ3n) is 5.03. The molecular formula is C15H22N2O3S. The highest BCUT2D eigenvalue weighted by Crippen LogP contribution is 2.41. The topological polar surface area (TPSA) is 83.6 Å². The summed E-state index contributed by atoms with van der Waals surface area (Å²) in [6, 6.07) is 3.49. The Labute approximate surface area is 125 Å². The van der Waals surface area contributed by atoms with Gasteiger partial charge in [-0.25, -0.2) is 8.42 Å². The van der Waals surface area contributed by atoms with Gasteiger partial charge in [0.2, 0.25) is 10.0 Å². The number of aliphatic hydroxyl groups excluding tert-OH is 1. The number of sulfonamides is 1. The zero-order valence-corrected chi connectivity index (χ0v) is 13.2. The summed E-state index contributed by atoms with van der Waals surface area (Å²) in [6.07, 6.45) is 1.34. The molecule has 3 N–H and O–H groups in total. The van der Waals surface area contributed by atoms with E-state index in [1.807, 2.05) is 0 Å². The van der Waals surface area contributed by atoms with E-state index in [1.165, 1.54) is 4.31 Å². The van der Waals surface area contributed by atoms with E-state index < -0.39 is 10.0 Å². The molecule has 1 saturated heterocycles. The van der Waals surface area contributed by atoms with Crippen LogP contribution in [0.3, 0.4) is 0 Å². The minimum absolute atomic E-state index is 0.0847. The Morgan fingerprint density at radius 3 is 2.62 bits per heavy atom. The van der Waals surface area contributed by atoms with Crippen molar-refractivity contribution in [2.24, 2.45) is 11.8 Å². The Bertz CT molecular complexity index is 672. The summed E-state index contributed by atoms with van der Waals surface area (Å²) in [7, 11) is -3.55. The molecule has 2 aliphatic rings. The molecule has 116 valence electrons. The first-order valence-electron chi connectivity index (χ1n) is 7.36. The fourth-order valence-electron chi connectivity index (χ4n) is 3.76. The summed E-state index contributed by atoms with van der Waals surface area (Å²) in [5.41, 5.74) is 7.71. The van der Waals surface area contributed by atoms with Crippen LogP contribution >= 0.6 is 0 Å². The van der Waals surface area contributed by atoms with Gasteiger partial charge in [-0.3, -0.25) is 0 Å². The van der Waals surface area contributed by atoms with E-state index in [-0.39, 0.29) is 17.9 Å². The predicted molar refractivity (Wildman–Crippen MR) is 81.3 cm³/mol. The summed E-state index contributed by atoms with van der Waals surface area (Å²) in [6.45, 7) is 4.48. The van der Waals surface area contributed by atoms with Crippen molar-refractivity contribution in [1.82, 2.24) is 4.31 Å². The van der Waals surface area contributed by atoms with Crippen LogP contribution in [0.25, 0.3) is 0 Å². The number of hydrogen-bond acceptors (Lipinski definition) is 4. The van der Waals surface area contributed by atoms with Crippen LogP contribution in [0, 0.1) is 25.7 Å². The number of nitrogens with zero attached hydrogens (tertiary/aromatic N) is 1. The van der Waals surface area contributed by atoms with E-state index in [0.717, 1.165) is 18.4 Å². The van der Waals surface area contributed by atoms with Crippen LogP contribution < -0.4 is 5.73 Å². The molecule has 6 heteroatoms. The molecular weight excluding hydrogens is 288 g/mol. The van der Waals surface area contributed by atoms with Gasteiger partial charge in [-0.2, -0.15) is 4.31 Å². The number of benzene rings is 1. The number of aliphatic hydroxyl groups is 1. The van der Waals surface area contributed by atoms with Gasteiger partial charge in [-0.05, 0) is 49.8 Å². The van der Waals surface area contributed by atoms with Gasteiger partial charge in [0.1, 0.15) is 0 Å². The second kappa shape index (κ2) is 4.97. The van der Waals surface area contributed by atoms with Gasteiger partial charge in [0, 0.05) is 24.7 Å². The lowest BCUT2D eigenvalue weighted by Gasteiger charge is -2.21. The van der Waals surface area contributed by atoms with Crippen molar-refractivity contribution in [2.75, 3.05) is 18.8 Å². The summed E-state index contributed by atoms with van der Waals surface area (Å²) in [4.78, 5) is 0.331. The molecule has 0 amide bonds. The summed E-state index contributed by atoms with van der Waals surface area (Å²) in [5.74, 6) is 0.373. The second-order valence-corrected chi connectivity index (χ2v) is 8.19. The van der Waals surface area contributed by atoms with Gasteiger partial charge in [0.25, 0.3) is 0 Å². The molecule has 0 aromatic heterocycles. The highest BCUT2D eigenvalue weighted by Gasteiger charge is 2.46. The molecule has 0 spiro atoms. The molecule has 1 aromatic rings. The molecule has 1 aliphatic heterocycles. The Morgan fingerprint density at radius 2 is 1.95 bits per heavy atom. The number of aryl methyl sites for hydroxylation is 1. The smallest absolute Gasteiger partial charge is 0.243 e. The standard InChI is InChI=1S/C15H22N2O3S/c1-9-3-5-13(16)10(2)15(9)21(19,20)17-7-11-4-6-14(18)12(11)8-17/h3,5,11-12,14,18H,4,6-8,16H2,1-2H3. The Kier molecular flexibility index (Phi) is 3.50. The van der Waals surface area contributed by atoms with Crippen LogP contribution in [0.4, 0.5) is 5.69 Å². The number of fused-ring (bicyclic) bond motifs is 1. The molecule has 21 heavy (non-hydrogen) atoms. The number of nitrogen functional groups attached to an aromatic ring is 1. The first-order chi connectivity index (χ1) is 9.82. The van der Waals surface area contributed by atoms with E-state index in [4.69, 9.17) is 5.73 Å². The molecule has 0 radical (unpaired) electrons. The van der Waals surface area contributed by atoms with Crippen LogP contribution in [0.2, 0.25) is 0 Å². The third kappa shape index (κ3) is 2.25. The number of rotatable bonds is 2. The van der Waals surface area contributed by atoms with Gasteiger partial charge < -0.3 is 10.8 Å². The maximum absolute atomic E-state index is 13.0. The number of anilines is 1. The van der Waals surface area contributed by atoms with Crippen molar-refractivity contribution in [1.29, 1.82) is 0 Å². The quantitative estimate of drug-likeness (QED) is 0.806. The van der Waals surface area contributed by atoms with Crippen molar-refractivity contribution in [3.8, 4) is 0 Å². The van der Waals surface area contributed by atoms with Crippen LogP contribution in [0.1, 0.15) is 24.0 Å². The lowest BCUT2D eigenvalue weighted by Crippen LogP contribution is -2.32. The Hall–Kier alpha value is -1.11. The molecule has 5 nitrogen and oxygen atoms in total. The van der Waals surface area contributed by atoms with Gasteiger partial charge in [0.05, 0.1) is 11.0 Å². The highest BCUT2D eigenvalue weighted by atomic mass is 32.2. The number of nitrogens with two attached hydrogens (primary N) is 1. The largest absolute Gasteiger partial charge is 0.398 e.